The van der Waals surface area contributed by atoms with E-state index < -0.39 is 0 Å². The quantitative estimate of drug-likeness (QED) is 0.162. The van der Waals surface area contributed by atoms with Crippen molar-refractivity contribution in [3.63, 3.8) is 0 Å². The van der Waals surface area contributed by atoms with Gasteiger partial charge in [0.05, 0.1) is 34.2 Å². The summed E-state index contributed by atoms with van der Waals surface area (Å²) < 4.78 is 12.4. The molecule has 1 aliphatic heterocycles. The monoisotopic (exact) mass is 629 g/mol. The Morgan fingerprint density at radius 1 is 1.26 bits per heavy atom. The van der Waals surface area contributed by atoms with Crippen LogP contribution in [0.25, 0.3) is 10.2 Å². The molecule has 1 aromatic carbocycles. The number of ether oxygens (including phenoxy) is 2. The highest BCUT2D eigenvalue weighted by molar-refractivity contribution is 7.18. The first-order valence-corrected chi connectivity index (χ1v) is 16.2. The average Bonchev–Trinajstić information content (AvgIpc) is 3.84. The lowest BCUT2D eigenvalue weighted by Gasteiger charge is -2.25. The topological polar surface area (TPSA) is 96.4 Å². The van der Waals surface area contributed by atoms with Gasteiger partial charge in [0.25, 0.3) is 0 Å². The summed E-state index contributed by atoms with van der Waals surface area (Å²) >= 11 is 7.76. The van der Waals surface area contributed by atoms with Crippen LogP contribution in [0.3, 0.4) is 0 Å². The number of fused-ring (bicyclic) bond motifs is 1. The molecule has 2 aromatic rings. The van der Waals surface area contributed by atoms with Crippen molar-refractivity contribution in [2.45, 2.75) is 64.6 Å². The lowest BCUT2D eigenvalue weighted by molar-refractivity contribution is -0.163. The fourth-order valence-electron chi connectivity index (χ4n) is 4.23. The molecule has 1 atom stereocenters. The standard InChI is InChI=1S/C19H28ClN3O4.C11H10N2S.C2H6/c1-22(10-12-27-18-7-2-3-11-26-18)19(25)21-14-23(15-24)13-16-5-4-6-17(20)9-8-16;1-12-8-4-5-9-10(6-8)14-11(13-9)7-2-3-7;1-2/h5-6,8-9,15,18H,2-4,7,10-14H2,1H3,(H,21,25);4-7H,1-3H2;1-2H3. The molecule has 3 amide bonds. The Labute approximate surface area is 264 Å². The highest BCUT2D eigenvalue weighted by Gasteiger charge is 2.27. The lowest BCUT2D eigenvalue weighted by atomic mass is 10.2. The SMILES string of the molecule is C=Nc1ccc2nc(C3CC3)sc2c1.CC.CN(CCOC1CCCCO1)C(=O)NCN(C=O)CC1=CCC=C(Cl)C=C1. The Morgan fingerprint density at radius 3 is 2.77 bits per heavy atom. The van der Waals surface area contributed by atoms with Gasteiger partial charge in [-0.05, 0) is 75.1 Å². The van der Waals surface area contributed by atoms with E-state index in [-0.39, 0.29) is 19.0 Å². The van der Waals surface area contributed by atoms with Crippen LogP contribution in [0, 0.1) is 0 Å². The Morgan fingerprint density at radius 2 is 2.07 bits per heavy atom. The molecular formula is C32H44ClN5O4S. The molecule has 0 radical (unpaired) electrons. The molecule has 1 saturated carbocycles. The van der Waals surface area contributed by atoms with Gasteiger partial charge in [-0.1, -0.05) is 43.7 Å². The van der Waals surface area contributed by atoms with Crippen LogP contribution in [0.5, 0.6) is 0 Å². The highest BCUT2D eigenvalue weighted by atomic mass is 35.5. The maximum absolute atomic E-state index is 12.2. The minimum absolute atomic E-state index is 0.131. The van der Waals surface area contributed by atoms with Crippen LogP contribution in [-0.2, 0) is 14.3 Å². The van der Waals surface area contributed by atoms with Crippen molar-refractivity contribution in [1.29, 1.82) is 0 Å². The van der Waals surface area contributed by atoms with Crippen molar-refractivity contribution >= 4 is 58.0 Å². The second-order valence-corrected chi connectivity index (χ2v) is 11.7. The Balaban J connectivity index is 0.000000262. The van der Waals surface area contributed by atoms with Crippen molar-refractivity contribution in [3.05, 3.63) is 58.1 Å². The molecule has 11 heteroatoms. The minimum Gasteiger partial charge on any atom is -0.353 e. The van der Waals surface area contributed by atoms with Crippen molar-refractivity contribution in [1.82, 2.24) is 20.1 Å². The lowest BCUT2D eigenvalue weighted by Crippen LogP contribution is -2.44. The number of carbonyl (C=O) groups is 2. The van der Waals surface area contributed by atoms with Crippen LogP contribution >= 0.6 is 22.9 Å². The summed E-state index contributed by atoms with van der Waals surface area (Å²) in [6, 6.07) is 5.80. The molecule has 5 rings (SSSR count). The molecule has 9 nitrogen and oxygen atoms in total. The molecular weight excluding hydrogens is 586 g/mol. The normalized spacial score (nSPS) is 17.6. The number of hydrogen-bond donors (Lipinski definition) is 1. The fourth-order valence-corrected chi connectivity index (χ4v) is 5.55. The van der Waals surface area contributed by atoms with Gasteiger partial charge in [-0.25, -0.2) is 9.78 Å². The number of nitrogens with one attached hydrogen (secondary N) is 1. The van der Waals surface area contributed by atoms with Gasteiger partial charge in [0.1, 0.15) is 0 Å². The number of carbonyl (C=O) groups excluding carboxylic acids is 2. The van der Waals surface area contributed by atoms with Crippen molar-refractivity contribution in [2.75, 3.05) is 40.0 Å². The molecule has 1 N–H and O–H groups in total. The van der Waals surface area contributed by atoms with Gasteiger partial charge in [0.2, 0.25) is 6.41 Å². The summed E-state index contributed by atoms with van der Waals surface area (Å²) in [6.45, 7) is 9.66. The van der Waals surface area contributed by atoms with Gasteiger partial charge >= 0.3 is 6.03 Å². The van der Waals surface area contributed by atoms with Gasteiger partial charge in [-0.2, -0.15) is 0 Å². The molecule has 0 spiro atoms. The molecule has 1 unspecified atom stereocenters. The van der Waals surface area contributed by atoms with Gasteiger partial charge in [0.15, 0.2) is 6.29 Å². The number of urea groups is 1. The number of allylic oxidation sites excluding steroid dienone is 4. The summed E-state index contributed by atoms with van der Waals surface area (Å²) in [4.78, 5) is 35.0. The van der Waals surface area contributed by atoms with E-state index in [1.807, 2.05) is 44.2 Å². The summed E-state index contributed by atoms with van der Waals surface area (Å²) in [7, 11) is 1.69. The molecule has 1 saturated heterocycles. The van der Waals surface area contributed by atoms with E-state index in [1.165, 1.54) is 32.3 Å². The molecule has 2 fully saturated rings. The summed E-state index contributed by atoms with van der Waals surface area (Å²) in [5.41, 5.74) is 3.00. The highest BCUT2D eigenvalue weighted by Crippen LogP contribution is 2.43. The first-order valence-electron chi connectivity index (χ1n) is 15.0. The fraction of sp³-hybridized carbons (Fsp3) is 0.500. The number of likely N-dealkylation sites (N-methyl/N-ethyl adjacent to an activating group) is 1. The van der Waals surface area contributed by atoms with E-state index in [2.05, 4.69) is 28.1 Å². The molecule has 234 valence electrons. The number of nitrogens with zero attached hydrogens (tertiary/aromatic N) is 4. The number of benzene rings is 1. The van der Waals surface area contributed by atoms with Gasteiger partial charge in [-0.3, -0.25) is 9.79 Å². The number of halogens is 1. The van der Waals surface area contributed by atoms with Crippen LogP contribution in [-0.4, -0.2) is 80.3 Å². The van der Waals surface area contributed by atoms with Crippen molar-refractivity contribution in [2.24, 2.45) is 4.99 Å². The zero-order chi connectivity index (χ0) is 31.0. The first kappa shape index (κ1) is 34.4. The Bertz CT molecular complexity index is 1280. The zero-order valence-corrected chi connectivity index (χ0v) is 27.0. The van der Waals surface area contributed by atoms with E-state index in [0.29, 0.717) is 31.1 Å². The number of rotatable bonds is 11. The molecule has 2 aliphatic carbocycles. The smallest absolute Gasteiger partial charge is 0.318 e. The molecule has 1 aromatic heterocycles. The maximum atomic E-state index is 12.2. The predicted molar refractivity (Wildman–Crippen MR) is 176 cm³/mol. The second-order valence-electron chi connectivity index (χ2n) is 10.2. The third kappa shape index (κ3) is 11.9. The number of thiazole rings is 1. The zero-order valence-electron chi connectivity index (χ0n) is 25.5. The molecule has 2 heterocycles. The van der Waals surface area contributed by atoms with E-state index in [0.717, 1.165) is 55.0 Å². The number of hydrogen-bond acceptors (Lipinski definition) is 7. The maximum Gasteiger partial charge on any atom is 0.318 e. The van der Waals surface area contributed by atoms with Crippen molar-refractivity contribution < 1.29 is 19.1 Å². The summed E-state index contributed by atoms with van der Waals surface area (Å²) in [6.07, 6.45) is 14.5. The molecule has 43 heavy (non-hydrogen) atoms. The van der Waals surface area contributed by atoms with E-state index >= 15 is 0 Å². The van der Waals surface area contributed by atoms with Crippen LogP contribution in [0.2, 0.25) is 0 Å². The van der Waals surface area contributed by atoms with Gasteiger partial charge < -0.3 is 24.6 Å². The third-order valence-electron chi connectivity index (χ3n) is 6.83. The third-order valence-corrected chi connectivity index (χ3v) is 8.29. The number of amides is 3. The second kappa shape index (κ2) is 18.6. The first-order chi connectivity index (χ1) is 20.9. The van der Waals surface area contributed by atoms with Crippen LogP contribution in [0.1, 0.15) is 63.3 Å². The molecule has 0 bridgehead atoms. The number of aliphatic imine (C=N–C) groups is 1. The summed E-state index contributed by atoms with van der Waals surface area (Å²) in [5, 5.41) is 4.71. The Hall–Kier alpha value is -3.05. The van der Waals surface area contributed by atoms with Crippen molar-refractivity contribution in [3.8, 4) is 0 Å². The van der Waals surface area contributed by atoms with E-state index in [1.54, 1.807) is 24.5 Å². The largest absolute Gasteiger partial charge is 0.353 e. The van der Waals surface area contributed by atoms with Crippen LogP contribution in [0.15, 0.2) is 58.1 Å². The van der Waals surface area contributed by atoms with E-state index in [4.69, 9.17) is 21.1 Å². The summed E-state index contributed by atoms with van der Waals surface area (Å²) in [5.74, 6) is 0.743. The van der Waals surface area contributed by atoms with Gasteiger partial charge in [-0.15, -0.1) is 11.3 Å². The van der Waals surface area contributed by atoms with E-state index in [9.17, 15) is 9.59 Å². The average molecular weight is 630 g/mol. The minimum atomic E-state index is -0.259. The predicted octanol–water partition coefficient (Wildman–Crippen LogP) is 7.13. The van der Waals surface area contributed by atoms with Crippen LogP contribution in [0.4, 0.5) is 10.5 Å². The van der Waals surface area contributed by atoms with Crippen LogP contribution < -0.4 is 5.32 Å². The Kier molecular flexibility index (Phi) is 14.9. The molecule has 3 aliphatic rings. The van der Waals surface area contributed by atoms with Gasteiger partial charge in [0, 0.05) is 37.7 Å². The number of aromatic nitrogens is 1.